The van der Waals surface area contributed by atoms with E-state index >= 15 is 0 Å². The molecule has 0 aliphatic heterocycles. The molecule has 3 nitrogen and oxygen atoms in total. The van der Waals surface area contributed by atoms with Crippen molar-refractivity contribution in [2.75, 3.05) is 19.7 Å². The minimum absolute atomic E-state index is 0.140. The molecule has 0 aromatic rings. The van der Waals surface area contributed by atoms with Gasteiger partial charge in [0.05, 0.1) is 13.2 Å². The summed E-state index contributed by atoms with van der Waals surface area (Å²) in [6, 6.07) is 0. The monoisotopic (exact) mass is 199 g/mol. The number of carbonyl (C=O) groups is 1. The van der Waals surface area contributed by atoms with E-state index in [1.807, 2.05) is 6.92 Å². The molecule has 0 radical (unpaired) electrons. The molecule has 0 amide bonds. The Balaban J connectivity index is 1.90. The fraction of sp³-hybridized carbons (Fsp3) is 0.909. The zero-order chi connectivity index (χ0) is 10.2. The molecule has 0 spiro atoms. The minimum atomic E-state index is -0.140. The van der Waals surface area contributed by atoms with Crippen LogP contribution >= 0.6 is 0 Å². The van der Waals surface area contributed by atoms with E-state index in [1.54, 1.807) is 0 Å². The summed E-state index contributed by atoms with van der Waals surface area (Å²) in [4.78, 5) is 11.0. The maximum Gasteiger partial charge on any atom is 0.319 e. The summed E-state index contributed by atoms with van der Waals surface area (Å²) in [5.74, 6) is 0.753. The van der Waals surface area contributed by atoms with Crippen LogP contribution in [0.25, 0.3) is 0 Å². The molecule has 0 bridgehead atoms. The average Bonchev–Trinajstić information content (AvgIpc) is 2.65. The van der Waals surface area contributed by atoms with Crippen LogP contribution in [-0.2, 0) is 9.53 Å². The van der Waals surface area contributed by atoms with Gasteiger partial charge in [-0.15, -0.1) is 0 Å². The van der Waals surface area contributed by atoms with Gasteiger partial charge in [-0.25, -0.2) is 0 Å². The number of carbonyl (C=O) groups excluding carboxylic acids is 1. The Morgan fingerprint density at radius 1 is 1.43 bits per heavy atom. The van der Waals surface area contributed by atoms with Crippen LogP contribution in [-0.4, -0.2) is 25.7 Å². The highest BCUT2D eigenvalue weighted by Crippen LogP contribution is 2.26. The van der Waals surface area contributed by atoms with Crippen LogP contribution in [0.3, 0.4) is 0 Å². The Hall–Kier alpha value is -0.570. The van der Waals surface area contributed by atoms with Crippen molar-refractivity contribution in [3.63, 3.8) is 0 Å². The summed E-state index contributed by atoms with van der Waals surface area (Å²) in [5, 5.41) is 3.12. The molecule has 0 aromatic heterocycles. The lowest BCUT2D eigenvalue weighted by molar-refractivity contribution is -0.142. The third-order valence-electron chi connectivity index (χ3n) is 2.78. The van der Waals surface area contributed by atoms with Crippen LogP contribution in [0.4, 0.5) is 0 Å². The maximum atomic E-state index is 11.0. The fourth-order valence-corrected chi connectivity index (χ4v) is 2.01. The molecule has 82 valence electrons. The highest BCUT2D eigenvalue weighted by Gasteiger charge is 2.14. The smallest absolute Gasteiger partial charge is 0.319 e. The molecule has 1 aliphatic rings. The minimum Gasteiger partial charge on any atom is -0.465 e. The van der Waals surface area contributed by atoms with Gasteiger partial charge >= 0.3 is 5.97 Å². The normalized spacial score (nSPS) is 17.2. The largest absolute Gasteiger partial charge is 0.465 e. The first-order valence-corrected chi connectivity index (χ1v) is 5.69. The molecule has 14 heavy (non-hydrogen) atoms. The molecule has 0 unspecified atom stereocenters. The molecule has 1 rings (SSSR count). The van der Waals surface area contributed by atoms with Crippen LogP contribution in [0.1, 0.15) is 39.0 Å². The number of hydrogen-bond donors (Lipinski definition) is 1. The van der Waals surface area contributed by atoms with E-state index < -0.39 is 0 Å². The second-order valence-corrected chi connectivity index (χ2v) is 3.92. The Morgan fingerprint density at radius 3 is 2.79 bits per heavy atom. The third kappa shape index (κ3) is 4.61. The van der Waals surface area contributed by atoms with Gasteiger partial charge in [0.2, 0.25) is 0 Å². The summed E-state index contributed by atoms with van der Waals surface area (Å²) in [6.45, 7) is 3.61. The lowest BCUT2D eigenvalue weighted by Gasteiger charge is -2.09. The van der Waals surface area contributed by atoms with Crippen molar-refractivity contribution in [1.29, 1.82) is 0 Å². The van der Waals surface area contributed by atoms with E-state index in [-0.39, 0.29) is 5.97 Å². The van der Waals surface area contributed by atoms with Crippen molar-refractivity contribution in [2.45, 2.75) is 39.0 Å². The summed E-state index contributed by atoms with van der Waals surface area (Å²) in [6.07, 6.45) is 6.74. The molecule has 0 aromatic carbocycles. The SMILES string of the molecule is CCOC(=O)CNCCC1CCCC1. The lowest BCUT2D eigenvalue weighted by Crippen LogP contribution is -2.26. The average molecular weight is 199 g/mol. The Morgan fingerprint density at radius 2 is 2.14 bits per heavy atom. The molecule has 0 atom stereocenters. The predicted octanol–water partition coefficient (Wildman–Crippen LogP) is 1.72. The number of esters is 1. The highest BCUT2D eigenvalue weighted by atomic mass is 16.5. The van der Waals surface area contributed by atoms with E-state index in [0.717, 1.165) is 12.5 Å². The molecule has 0 saturated heterocycles. The first kappa shape index (κ1) is 11.5. The van der Waals surface area contributed by atoms with Crippen LogP contribution in [0.15, 0.2) is 0 Å². The fourth-order valence-electron chi connectivity index (χ4n) is 2.01. The molecular formula is C11H21NO2. The summed E-state index contributed by atoms with van der Waals surface area (Å²) in [5.41, 5.74) is 0. The van der Waals surface area contributed by atoms with Crippen LogP contribution < -0.4 is 5.32 Å². The van der Waals surface area contributed by atoms with E-state index in [9.17, 15) is 4.79 Å². The quantitative estimate of drug-likeness (QED) is 0.523. The zero-order valence-electron chi connectivity index (χ0n) is 9.05. The first-order valence-electron chi connectivity index (χ1n) is 5.69. The van der Waals surface area contributed by atoms with Gasteiger partial charge in [-0.3, -0.25) is 4.79 Å². The standard InChI is InChI=1S/C11H21NO2/c1-2-14-11(13)9-12-8-7-10-5-3-4-6-10/h10,12H,2-9H2,1H3. The van der Waals surface area contributed by atoms with Crippen molar-refractivity contribution in [1.82, 2.24) is 5.32 Å². The number of nitrogens with one attached hydrogen (secondary N) is 1. The van der Waals surface area contributed by atoms with Gasteiger partial charge < -0.3 is 10.1 Å². The molecule has 3 heteroatoms. The van der Waals surface area contributed by atoms with E-state index in [2.05, 4.69) is 5.32 Å². The second-order valence-electron chi connectivity index (χ2n) is 3.92. The molecule has 0 heterocycles. The van der Waals surface area contributed by atoms with E-state index in [1.165, 1.54) is 32.1 Å². The van der Waals surface area contributed by atoms with Gasteiger partial charge in [-0.1, -0.05) is 25.7 Å². The van der Waals surface area contributed by atoms with Gasteiger partial charge in [0.15, 0.2) is 0 Å². The van der Waals surface area contributed by atoms with Gasteiger partial charge in [0, 0.05) is 0 Å². The zero-order valence-corrected chi connectivity index (χ0v) is 9.05. The second kappa shape index (κ2) is 6.82. The third-order valence-corrected chi connectivity index (χ3v) is 2.78. The van der Waals surface area contributed by atoms with E-state index in [4.69, 9.17) is 4.74 Å². The maximum absolute atomic E-state index is 11.0. The van der Waals surface area contributed by atoms with Crippen molar-refractivity contribution in [2.24, 2.45) is 5.92 Å². The van der Waals surface area contributed by atoms with Crippen LogP contribution in [0.5, 0.6) is 0 Å². The van der Waals surface area contributed by atoms with Crippen molar-refractivity contribution < 1.29 is 9.53 Å². The van der Waals surface area contributed by atoms with Crippen LogP contribution in [0, 0.1) is 5.92 Å². The van der Waals surface area contributed by atoms with Crippen molar-refractivity contribution in [3.8, 4) is 0 Å². The summed E-state index contributed by atoms with van der Waals surface area (Å²) >= 11 is 0. The Kier molecular flexibility index (Phi) is 5.60. The topological polar surface area (TPSA) is 38.3 Å². The van der Waals surface area contributed by atoms with Gasteiger partial charge in [0.1, 0.15) is 0 Å². The Bertz CT molecular complexity index is 165. The number of hydrogen-bond acceptors (Lipinski definition) is 3. The summed E-state index contributed by atoms with van der Waals surface area (Å²) < 4.78 is 4.81. The molecule has 1 aliphatic carbocycles. The van der Waals surface area contributed by atoms with Gasteiger partial charge in [0.25, 0.3) is 0 Å². The highest BCUT2D eigenvalue weighted by molar-refractivity contribution is 5.71. The molecule has 1 fully saturated rings. The summed E-state index contributed by atoms with van der Waals surface area (Å²) in [7, 11) is 0. The van der Waals surface area contributed by atoms with Crippen molar-refractivity contribution in [3.05, 3.63) is 0 Å². The molecule has 1 saturated carbocycles. The Labute approximate surface area is 86.2 Å². The van der Waals surface area contributed by atoms with Crippen molar-refractivity contribution >= 4 is 5.97 Å². The van der Waals surface area contributed by atoms with Gasteiger partial charge in [-0.05, 0) is 25.8 Å². The lowest BCUT2D eigenvalue weighted by atomic mass is 10.0. The first-order chi connectivity index (χ1) is 6.83. The number of rotatable bonds is 6. The number of ether oxygens (including phenoxy) is 1. The van der Waals surface area contributed by atoms with Gasteiger partial charge in [-0.2, -0.15) is 0 Å². The van der Waals surface area contributed by atoms with E-state index in [0.29, 0.717) is 13.2 Å². The van der Waals surface area contributed by atoms with Crippen LogP contribution in [0.2, 0.25) is 0 Å². The molecule has 1 N–H and O–H groups in total. The predicted molar refractivity (Wildman–Crippen MR) is 56.1 cm³/mol. The molecular weight excluding hydrogens is 178 g/mol.